The van der Waals surface area contributed by atoms with Crippen LogP contribution in [-0.4, -0.2) is 64.9 Å². The number of piperidine rings is 1. The summed E-state index contributed by atoms with van der Waals surface area (Å²) in [6, 6.07) is 1.08. The fourth-order valence-corrected chi connectivity index (χ4v) is 7.39. The van der Waals surface area contributed by atoms with E-state index in [0.717, 1.165) is 58.0 Å². The van der Waals surface area contributed by atoms with E-state index >= 15 is 0 Å². The van der Waals surface area contributed by atoms with Crippen LogP contribution in [-0.2, 0) is 17.5 Å². The second kappa shape index (κ2) is 10.5. The Morgan fingerprint density at radius 1 is 1.21 bits per heavy atom. The number of nitrogens with zero attached hydrogens (tertiary/aromatic N) is 4. The molecule has 216 valence electrons. The Labute approximate surface area is 228 Å². The molecule has 2 N–H and O–H groups in total. The van der Waals surface area contributed by atoms with Gasteiger partial charge in [-0.2, -0.15) is 13.2 Å². The minimum absolute atomic E-state index is 0.00206. The summed E-state index contributed by atoms with van der Waals surface area (Å²) < 4.78 is 59.4. The van der Waals surface area contributed by atoms with Gasteiger partial charge in [-0.25, -0.2) is 15.6 Å². The predicted molar refractivity (Wildman–Crippen MR) is 142 cm³/mol. The van der Waals surface area contributed by atoms with E-state index in [2.05, 4.69) is 22.7 Å². The molecule has 39 heavy (non-hydrogen) atoms. The Balaban J connectivity index is 1.28. The normalized spacial score (nSPS) is 32.8. The number of halogens is 3. The molecule has 4 unspecified atom stereocenters. The average molecular weight is 552 g/mol. The number of imidazole rings is 1. The van der Waals surface area contributed by atoms with Crippen molar-refractivity contribution in [3.63, 3.8) is 0 Å². The van der Waals surface area contributed by atoms with Crippen LogP contribution in [0.15, 0.2) is 23.3 Å². The molecule has 0 aromatic carbocycles. The lowest BCUT2D eigenvalue weighted by Gasteiger charge is -2.51. The number of hydrogen-bond donors (Lipinski definition) is 2. The highest BCUT2D eigenvalue weighted by atomic mass is 19.4. The minimum Gasteiger partial charge on any atom is -0.380 e. The largest absolute Gasteiger partial charge is 0.418 e. The molecule has 6 rings (SSSR count). The lowest BCUT2D eigenvalue weighted by Crippen LogP contribution is -2.54. The fourth-order valence-electron chi connectivity index (χ4n) is 7.39. The Bertz CT molecular complexity index is 1280. The number of alkyl halides is 3. The maximum absolute atomic E-state index is 14.3. The molecule has 4 aliphatic rings. The summed E-state index contributed by atoms with van der Waals surface area (Å²) in [6.45, 7) is 5.04. The van der Waals surface area contributed by atoms with Crippen molar-refractivity contribution in [1.29, 1.82) is 0 Å². The van der Waals surface area contributed by atoms with Crippen molar-refractivity contribution in [3.8, 4) is 0 Å². The molecule has 2 aromatic rings. The van der Waals surface area contributed by atoms with Crippen LogP contribution >= 0.6 is 0 Å². The van der Waals surface area contributed by atoms with Gasteiger partial charge in [0.2, 0.25) is 0 Å². The van der Waals surface area contributed by atoms with Gasteiger partial charge in [0.05, 0.1) is 38.5 Å². The molecule has 11 heteroatoms. The highest BCUT2D eigenvalue weighted by Gasteiger charge is 2.49. The molecule has 8 nitrogen and oxygen atoms in total. The monoisotopic (exact) mass is 551 g/mol. The Morgan fingerprint density at radius 3 is 2.69 bits per heavy atom. The number of aromatic nitrogens is 2. The Kier molecular flexibility index (Phi) is 6.99. The maximum atomic E-state index is 14.3. The van der Waals surface area contributed by atoms with Crippen molar-refractivity contribution < 1.29 is 19.3 Å². The number of fused-ring (bicyclic) bond motifs is 1. The first-order valence-corrected chi connectivity index (χ1v) is 14.3. The van der Waals surface area contributed by atoms with Crippen molar-refractivity contribution in [2.24, 2.45) is 17.3 Å². The van der Waals surface area contributed by atoms with Gasteiger partial charge < -0.3 is 4.74 Å². The van der Waals surface area contributed by atoms with Gasteiger partial charge in [-0.1, -0.05) is 13.3 Å². The molecule has 2 aromatic heterocycles. The molecule has 3 aliphatic heterocycles. The van der Waals surface area contributed by atoms with Crippen LogP contribution < -0.4 is 16.5 Å². The van der Waals surface area contributed by atoms with Gasteiger partial charge in [0, 0.05) is 36.9 Å². The van der Waals surface area contributed by atoms with Crippen LogP contribution in [0, 0.1) is 17.3 Å². The van der Waals surface area contributed by atoms with Gasteiger partial charge in [-0.05, 0) is 75.6 Å². The summed E-state index contributed by atoms with van der Waals surface area (Å²) in [7, 11) is 1.91. The summed E-state index contributed by atoms with van der Waals surface area (Å²) in [5.74, 6) is 0.801. The number of hydrazine groups is 1. The Hall–Kier alpha value is -1.92. The first-order chi connectivity index (χ1) is 19.0. The molecule has 3 saturated heterocycles. The third kappa shape index (κ3) is 5.28. The van der Waals surface area contributed by atoms with E-state index in [1.54, 1.807) is 10.8 Å². The second-order valence-electron chi connectivity index (χ2n) is 12.5. The van der Waals surface area contributed by atoms with E-state index in [0.29, 0.717) is 31.2 Å². The molecule has 5 atom stereocenters. The average Bonchev–Trinajstić information content (AvgIpc) is 3.39. The van der Waals surface area contributed by atoms with Crippen LogP contribution in [0.25, 0.3) is 5.52 Å². The number of hydrogen-bond acceptors (Lipinski definition) is 6. The van der Waals surface area contributed by atoms with Crippen LogP contribution in [0.1, 0.15) is 70.4 Å². The highest BCUT2D eigenvalue weighted by molar-refractivity contribution is 5.56. The molecule has 1 aliphatic carbocycles. The van der Waals surface area contributed by atoms with Crippen LogP contribution in [0.5, 0.6) is 0 Å². The van der Waals surface area contributed by atoms with Crippen molar-refractivity contribution in [2.75, 3.05) is 40.0 Å². The van der Waals surface area contributed by atoms with Crippen LogP contribution in [0.2, 0.25) is 0 Å². The molecule has 0 spiro atoms. The summed E-state index contributed by atoms with van der Waals surface area (Å²) in [5, 5.41) is 0. The number of ether oxygens (including phenoxy) is 1. The van der Waals surface area contributed by atoms with Crippen molar-refractivity contribution >= 4 is 5.52 Å². The third-order valence-corrected chi connectivity index (χ3v) is 9.60. The van der Waals surface area contributed by atoms with E-state index in [1.165, 1.54) is 16.7 Å². The zero-order valence-corrected chi connectivity index (χ0v) is 22.8. The van der Waals surface area contributed by atoms with Gasteiger partial charge in [-0.15, -0.1) is 0 Å². The zero-order chi connectivity index (χ0) is 28.2. The number of nitrogens with one attached hydrogen (secondary N) is 2. The molecular weight excluding hydrogens is 509 g/mol. The van der Waals surface area contributed by atoms with Crippen LogP contribution in [0.3, 0.4) is 0 Å². The minimum atomic E-state index is -4.55. The highest BCUT2D eigenvalue weighted by Crippen LogP contribution is 2.49. The molecule has 1 saturated carbocycles. The number of pyridine rings is 1. The van der Waals surface area contributed by atoms with Crippen molar-refractivity contribution in [1.82, 2.24) is 29.6 Å². The maximum Gasteiger partial charge on any atom is 0.418 e. The fraction of sp³-hybridized carbons (Fsp3) is 0.750. The Morgan fingerprint density at radius 2 is 2.03 bits per heavy atom. The van der Waals surface area contributed by atoms with Gasteiger partial charge in [0.25, 0.3) is 0 Å². The van der Waals surface area contributed by atoms with Gasteiger partial charge in [0.1, 0.15) is 0 Å². The zero-order valence-electron chi connectivity index (χ0n) is 23.8. The summed E-state index contributed by atoms with van der Waals surface area (Å²) >= 11 is 0. The SMILES string of the molecule is [2H]C1NNC(CC2(C3CCCC(n4cc5c(C(F)(F)F)cc(CN6CCC[C@H](C)C6)cn5c4=O)C3)COC2)N1C. The standard InChI is InChI=1S/C28H41F3N6O2/c1-19-5-4-8-35(12-19)13-20-9-23(28(29,30)31)24-15-36(26(38)37(24)14-20)22-7-3-6-21(10-22)27(16-39-17-27)11-25-33-32-18-34(25)2/h9,14-15,19,21-22,25,32-33H,3-8,10-13,16-18H2,1-2H3/t19-,21?,22?,25?/m0/s1/i18D/t18?,19-,21?,22?,25?. The van der Waals surface area contributed by atoms with Crippen molar-refractivity contribution in [3.05, 3.63) is 40.1 Å². The smallest absolute Gasteiger partial charge is 0.380 e. The molecule has 0 amide bonds. The molecule has 5 heterocycles. The van der Waals surface area contributed by atoms with E-state index < -0.39 is 24.1 Å². The number of likely N-dealkylation sites (tertiary alicyclic amines) is 1. The lowest BCUT2D eigenvalue weighted by molar-refractivity contribution is -0.167. The summed E-state index contributed by atoms with van der Waals surface area (Å²) in [5.41, 5.74) is 5.42. The molecular formula is C28H41F3N6O2. The van der Waals surface area contributed by atoms with Gasteiger partial charge >= 0.3 is 11.9 Å². The van der Waals surface area contributed by atoms with E-state index in [4.69, 9.17) is 6.11 Å². The third-order valence-electron chi connectivity index (χ3n) is 9.60. The summed E-state index contributed by atoms with van der Waals surface area (Å²) in [4.78, 5) is 17.8. The van der Waals surface area contributed by atoms with E-state index in [9.17, 15) is 18.0 Å². The van der Waals surface area contributed by atoms with Crippen LogP contribution in [0.4, 0.5) is 13.2 Å². The van der Waals surface area contributed by atoms with Gasteiger partial charge in [-0.3, -0.25) is 18.8 Å². The lowest BCUT2D eigenvalue weighted by atomic mass is 9.64. The van der Waals surface area contributed by atoms with Gasteiger partial charge in [0.15, 0.2) is 0 Å². The first-order valence-electron chi connectivity index (χ1n) is 14.9. The first kappa shape index (κ1) is 26.0. The second-order valence-corrected chi connectivity index (χ2v) is 12.5. The summed E-state index contributed by atoms with van der Waals surface area (Å²) in [6.07, 6.45) is 4.90. The molecule has 4 fully saturated rings. The number of rotatable bonds is 6. The topological polar surface area (TPSA) is 66.2 Å². The quantitative estimate of drug-likeness (QED) is 0.570. The van der Waals surface area contributed by atoms with E-state index in [-0.39, 0.29) is 29.1 Å². The molecule has 0 bridgehead atoms. The molecule has 0 radical (unpaired) electrons. The predicted octanol–water partition coefficient (Wildman–Crippen LogP) is 3.81. The van der Waals surface area contributed by atoms with Crippen molar-refractivity contribution in [2.45, 2.75) is 76.8 Å². The van der Waals surface area contributed by atoms with E-state index in [1.807, 2.05) is 11.9 Å².